The van der Waals surface area contributed by atoms with Gasteiger partial charge in [-0.3, -0.25) is 0 Å². The van der Waals surface area contributed by atoms with Crippen LogP contribution in [-0.4, -0.2) is 32.3 Å². The van der Waals surface area contributed by atoms with Crippen LogP contribution in [0.5, 0.6) is 0 Å². The Labute approximate surface area is 130 Å². The topological polar surface area (TPSA) is 54.0 Å². The molecule has 1 aromatic rings. The lowest BCUT2D eigenvalue weighted by atomic mass is 9.92. The van der Waals surface area contributed by atoms with E-state index in [9.17, 15) is 4.79 Å². The molecule has 0 amide bonds. The van der Waals surface area contributed by atoms with Gasteiger partial charge in [0, 0.05) is 5.92 Å². The van der Waals surface area contributed by atoms with Crippen molar-refractivity contribution in [2.24, 2.45) is 0 Å². The Bertz CT molecular complexity index is 517. The average Bonchev–Trinajstić information content (AvgIpc) is 2.55. The van der Waals surface area contributed by atoms with Gasteiger partial charge in [-0.15, -0.1) is 0 Å². The van der Waals surface area contributed by atoms with E-state index < -0.39 is 11.9 Å². The van der Waals surface area contributed by atoms with E-state index in [1.54, 1.807) is 6.08 Å². The lowest BCUT2D eigenvalue weighted by molar-refractivity contribution is -0.371. The van der Waals surface area contributed by atoms with Crippen LogP contribution in [0.1, 0.15) is 31.7 Å². The predicted molar refractivity (Wildman–Crippen MR) is 81.0 cm³/mol. The molecule has 0 saturated carbocycles. The summed E-state index contributed by atoms with van der Waals surface area (Å²) in [7, 11) is 1.32. The molecule has 0 N–H and O–H groups in total. The maximum Gasteiger partial charge on any atom is 0.373 e. The lowest BCUT2D eigenvalue weighted by Gasteiger charge is -2.38. The highest BCUT2D eigenvalue weighted by Crippen LogP contribution is 2.38. The van der Waals surface area contributed by atoms with Crippen LogP contribution in [-0.2, 0) is 23.7 Å². The molecule has 0 bridgehead atoms. The van der Waals surface area contributed by atoms with E-state index in [1.807, 2.05) is 44.2 Å². The highest BCUT2D eigenvalue weighted by molar-refractivity contribution is 5.86. The largest absolute Gasteiger partial charge is 0.463 e. The molecule has 0 spiro atoms. The van der Waals surface area contributed by atoms with E-state index in [4.69, 9.17) is 18.9 Å². The Hall–Kier alpha value is -1.85. The summed E-state index contributed by atoms with van der Waals surface area (Å²) in [6, 6.07) is 9.87. The van der Waals surface area contributed by atoms with Crippen LogP contribution in [0.2, 0.25) is 0 Å². The standard InChI is InChI=1S/C17H22O5/c1-4-20-17(21-5-2)12-14(13-9-7-6-8-10-13)11-15(22-17)16(18)19-3/h6-11,14H,4-5,12H2,1-3H3. The molecule has 1 unspecified atom stereocenters. The molecule has 22 heavy (non-hydrogen) atoms. The van der Waals surface area contributed by atoms with Crippen molar-refractivity contribution in [3.63, 3.8) is 0 Å². The van der Waals surface area contributed by atoms with E-state index in [-0.39, 0.29) is 11.7 Å². The summed E-state index contributed by atoms with van der Waals surface area (Å²) in [6.45, 7) is 4.54. The SMILES string of the molecule is CCOC1(OCC)CC(c2ccccc2)C=C(C(=O)OC)O1. The summed E-state index contributed by atoms with van der Waals surface area (Å²) in [5.74, 6) is -1.74. The zero-order valence-corrected chi connectivity index (χ0v) is 13.2. The van der Waals surface area contributed by atoms with Gasteiger partial charge in [0.15, 0.2) is 0 Å². The molecule has 0 fully saturated rings. The fourth-order valence-corrected chi connectivity index (χ4v) is 2.54. The normalized spacial score (nSPS) is 20.0. The molecule has 0 aliphatic carbocycles. The van der Waals surface area contributed by atoms with Crippen LogP contribution >= 0.6 is 0 Å². The van der Waals surface area contributed by atoms with Gasteiger partial charge in [-0.2, -0.15) is 0 Å². The molecule has 1 heterocycles. The predicted octanol–water partition coefficient (Wildman–Crippen LogP) is 2.97. The summed E-state index contributed by atoms with van der Waals surface area (Å²) < 4.78 is 21.9. The number of esters is 1. The zero-order chi connectivity index (χ0) is 16.0. The van der Waals surface area contributed by atoms with Gasteiger partial charge in [0.25, 0.3) is 0 Å². The number of hydrogen-bond donors (Lipinski definition) is 0. The second kappa shape index (κ2) is 7.42. The Morgan fingerprint density at radius 1 is 1.23 bits per heavy atom. The van der Waals surface area contributed by atoms with Gasteiger partial charge < -0.3 is 18.9 Å². The van der Waals surface area contributed by atoms with Gasteiger partial charge in [0.05, 0.1) is 26.7 Å². The van der Waals surface area contributed by atoms with Crippen LogP contribution in [0.15, 0.2) is 42.2 Å². The van der Waals surface area contributed by atoms with Crippen LogP contribution in [0.4, 0.5) is 0 Å². The fourth-order valence-electron chi connectivity index (χ4n) is 2.54. The summed E-state index contributed by atoms with van der Waals surface area (Å²) in [5, 5.41) is 0. The zero-order valence-electron chi connectivity index (χ0n) is 13.2. The number of carbonyl (C=O) groups is 1. The fraction of sp³-hybridized carbons (Fsp3) is 0.471. The second-order valence-electron chi connectivity index (χ2n) is 4.89. The number of carbonyl (C=O) groups excluding carboxylic acids is 1. The van der Waals surface area contributed by atoms with E-state index >= 15 is 0 Å². The van der Waals surface area contributed by atoms with Crippen molar-refractivity contribution in [1.29, 1.82) is 0 Å². The highest BCUT2D eigenvalue weighted by Gasteiger charge is 2.43. The number of methoxy groups -OCH3 is 1. The quantitative estimate of drug-likeness (QED) is 0.597. The van der Waals surface area contributed by atoms with E-state index in [0.717, 1.165) is 5.56 Å². The average molecular weight is 306 g/mol. The van der Waals surface area contributed by atoms with E-state index in [1.165, 1.54) is 7.11 Å². The molecule has 0 radical (unpaired) electrons. The molecule has 5 nitrogen and oxygen atoms in total. The molecule has 1 aliphatic rings. The molecular formula is C17H22O5. The van der Waals surface area contributed by atoms with Crippen molar-refractivity contribution in [3.05, 3.63) is 47.7 Å². The highest BCUT2D eigenvalue weighted by atomic mass is 16.9. The summed E-state index contributed by atoms with van der Waals surface area (Å²) >= 11 is 0. The first-order valence-corrected chi connectivity index (χ1v) is 7.46. The molecule has 0 saturated heterocycles. The minimum absolute atomic E-state index is 0.0536. The van der Waals surface area contributed by atoms with Gasteiger partial charge in [-0.05, 0) is 25.5 Å². The smallest absolute Gasteiger partial charge is 0.373 e. The third-order valence-electron chi connectivity index (χ3n) is 3.43. The number of rotatable bonds is 6. The summed E-state index contributed by atoms with van der Waals surface area (Å²) in [4.78, 5) is 11.9. The van der Waals surface area contributed by atoms with Crippen LogP contribution in [0.3, 0.4) is 0 Å². The van der Waals surface area contributed by atoms with Crippen molar-refractivity contribution in [2.75, 3.05) is 20.3 Å². The summed E-state index contributed by atoms with van der Waals surface area (Å²) in [5.41, 5.74) is 1.07. The van der Waals surface area contributed by atoms with Crippen molar-refractivity contribution >= 4 is 5.97 Å². The van der Waals surface area contributed by atoms with Gasteiger partial charge in [0.2, 0.25) is 5.76 Å². The van der Waals surface area contributed by atoms with Crippen molar-refractivity contribution in [3.8, 4) is 0 Å². The second-order valence-corrected chi connectivity index (χ2v) is 4.89. The minimum atomic E-state index is -1.26. The Morgan fingerprint density at radius 3 is 2.41 bits per heavy atom. The van der Waals surface area contributed by atoms with E-state index in [0.29, 0.717) is 19.6 Å². The molecule has 2 rings (SSSR count). The van der Waals surface area contributed by atoms with Gasteiger partial charge in [-0.1, -0.05) is 30.3 Å². The first kappa shape index (κ1) is 16.5. The molecule has 1 atom stereocenters. The monoisotopic (exact) mass is 306 g/mol. The van der Waals surface area contributed by atoms with Gasteiger partial charge >= 0.3 is 11.9 Å². The lowest BCUT2D eigenvalue weighted by Crippen LogP contribution is -2.44. The van der Waals surface area contributed by atoms with Crippen LogP contribution in [0, 0.1) is 0 Å². The Morgan fingerprint density at radius 2 is 1.86 bits per heavy atom. The molecule has 120 valence electrons. The Kier molecular flexibility index (Phi) is 5.57. The van der Waals surface area contributed by atoms with Crippen molar-refractivity contribution in [1.82, 2.24) is 0 Å². The third kappa shape index (κ3) is 3.67. The number of ether oxygens (including phenoxy) is 4. The Balaban J connectivity index is 2.37. The molecule has 0 aromatic heterocycles. The third-order valence-corrected chi connectivity index (χ3v) is 3.43. The summed E-state index contributed by atoms with van der Waals surface area (Å²) in [6.07, 6.45) is 2.23. The van der Waals surface area contributed by atoms with Gasteiger partial charge in [-0.25, -0.2) is 4.79 Å². The van der Waals surface area contributed by atoms with Crippen LogP contribution in [0.25, 0.3) is 0 Å². The first-order chi connectivity index (χ1) is 10.6. The number of hydrogen-bond acceptors (Lipinski definition) is 5. The molecule has 5 heteroatoms. The molecule has 1 aliphatic heterocycles. The van der Waals surface area contributed by atoms with Crippen molar-refractivity contribution in [2.45, 2.75) is 32.2 Å². The number of allylic oxidation sites excluding steroid dienone is 1. The minimum Gasteiger partial charge on any atom is -0.463 e. The first-order valence-electron chi connectivity index (χ1n) is 7.46. The van der Waals surface area contributed by atoms with Crippen molar-refractivity contribution < 1.29 is 23.7 Å². The maximum atomic E-state index is 11.9. The van der Waals surface area contributed by atoms with E-state index in [2.05, 4.69) is 0 Å². The number of benzene rings is 1. The van der Waals surface area contributed by atoms with Crippen LogP contribution < -0.4 is 0 Å². The van der Waals surface area contributed by atoms with Gasteiger partial charge in [0.1, 0.15) is 0 Å². The molecule has 1 aromatic carbocycles. The maximum absolute atomic E-state index is 11.9. The molecular weight excluding hydrogens is 284 g/mol.